The van der Waals surface area contributed by atoms with E-state index >= 15 is 0 Å². The van der Waals surface area contributed by atoms with Gasteiger partial charge in [-0.1, -0.05) is 62.3 Å². The summed E-state index contributed by atoms with van der Waals surface area (Å²) in [6.45, 7) is 0. The van der Waals surface area contributed by atoms with Crippen molar-refractivity contribution in [3.05, 3.63) is 65.8 Å². The molecule has 0 radical (unpaired) electrons. The number of rotatable bonds is 2. The van der Waals surface area contributed by atoms with Crippen LogP contribution in [0.2, 0.25) is 20.1 Å². The van der Waals surface area contributed by atoms with E-state index in [0.29, 0.717) is 4.47 Å². The lowest BCUT2D eigenvalue weighted by Crippen LogP contribution is -2.04. The van der Waals surface area contributed by atoms with Crippen molar-refractivity contribution in [2.75, 3.05) is 0 Å². The lowest BCUT2D eigenvalue weighted by Gasteiger charge is -2.09. The Hall–Kier alpha value is -0.320. The zero-order chi connectivity index (χ0) is 15.0. The molecule has 0 heterocycles. The fraction of sp³-hybridized carbons (Fsp3) is 0. The van der Waals surface area contributed by atoms with Crippen molar-refractivity contribution >= 4 is 68.1 Å². The third-order valence-corrected chi connectivity index (χ3v) is 4.48. The van der Waals surface area contributed by atoms with E-state index in [-0.39, 0.29) is 31.2 Å². The van der Waals surface area contributed by atoms with Gasteiger partial charge in [-0.15, -0.1) is 0 Å². The number of carbonyl (C=O) groups is 1. The summed E-state index contributed by atoms with van der Waals surface area (Å²) >= 11 is 26.8. The molecule has 1 nitrogen and oxygen atoms in total. The smallest absolute Gasteiger partial charge is 0.196 e. The maximum Gasteiger partial charge on any atom is 0.196 e. The summed E-state index contributed by atoms with van der Waals surface area (Å²) in [6, 6.07) is 5.09. The van der Waals surface area contributed by atoms with Crippen LogP contribution in [0.25, 0.3) is 0 Å². The van der Waals surface area contributed by atoms with Gasteiger partial charge in [-0.2, -0.15) is 0 Å². The molecule has 0 aliphatic rings. The minimum absolute atomic E-state index is 0.0137. The Morgan fingerprint density at radius 3 is 2.20 bits per heavy atom. The molecule has 0 bridgehead atoms. The summed E-state index contributed by atoms with van der Waals surface area (Å²) in [6.07, 6.45) is 0. The third kappa shape index (κ3) is 3.12. The molecule has 0 fully saturated rings. The molecule has 0 amide bonds. The number of halogens is 6. The van der Waals surface area contributed by atoms with Crippen LogP contribution in [-0.4, -0.2) is 5.78 Å². The molecule has 104 valence electrons. The number of hydrogen-bond donors (Lipinski definition) is 0. The zero-order valence-electron chi connectivity index (χ0n) is 9.49. The normalized spacial score (nSPS) is 10.7. The second kappa shape index (κ2) is 6.20. The van der Waals surface area contributed by atoms with E-state index in [9.17, 15) is 9.18 Å². The van der Waals surface area contributed by atoms with E-state index in [1.165, 1.54) is 18.2 Å². The Morgan fingerprint density at radius 1 is 0.950 bits per heavy atom. The highest BCUT2D eigenvalue weighted by Crippen LogP contribution is 2.38. The molecule has 0 saturated heterocycles. The average Bonchev–Trinajstić information content (AvgIpc) is 2.34. The maximum absolute atomic E-state index is 13.4. The van der Waals surface area contributed by atoms with Crippen molar-refractivity contribution in [1.82, 2.24) is 0 Å². The van der Waals surface area contributed by atoms with Gasteiger partial charge in [-0.05, 0) is 24.3 Å². The quantitative estimate of drug-likeness (QED) is 0.313. The molecule has 7 heteroatoms. The van der Waals surface area contributed by atoms with Crippen LogP contribution in [0.15, 0.2) is 28.7 Å². The van der Waals surface area contributed by atoms with Gasteiger partial charge in [0.1, 0.15) is 5.82 Å². The predicted molar refractivity (Wildman–Crippen MR) is 84.0 cm³/mol. The molecule has 0 saturated carbocycles. The fourth-order valence-electron chi connectivity index (χ4n) is 1.60. The van der Waals surface area contributed by atoms with E-state index in [1.807, 2.05) is 0 Å². The van der Waals surface area contributed by atoms with Gasteiger partial charge in [0.15, 0.2) is 5.78 Å². The summed E-state index contributed by atoms with van der Waals surface area (Å²) in [5.74, 6) is -1.10. The fourth-order valence-corrected chi connectivity index (χ4v) is 3.15. The first-order valence-electron chi connectivity index (χ1n) is 5.15. The molecule has 20 heavy (non-hydrogen) atoms. The van der Waals surface area contributed by atoms with Crippen molar-refractivity contribution in [2.45, 2.75) is 0 Å². The lowest BCUT2D eigenvalue weighted by molar-refractivity contribution is 0.103. The minimum Gasteiger partial charge on any atom is -0.288 e. The van der Waals surface area contributed by atoms with Crippen molar-refractivity contribution in [3.63, 3.8) is 0 Å². The molecule has 0 atom stereocenters. The molecule has 0 aliphatic carbocycles. The Bertz CT molecular complexity index is 698. The van der Waals surface area contributed by atoms with Crippen molar-refractivity contribution in [2.24, 2.45) is 0 Å². The molecule has 0 N–H and O–H groups in total. The molecular weight excluding hydrogens is 413 g/mol. The third-order valence-electron chi connectivity index (χ3n) is 2.47. The first-order chi connectivity index (χ1) is 9.31. The average molecular weight is 417 g/mol. The van der Waals surface area contributed by atoms with Crippen molar-refractivity contribution in [3.8, 4) is 0 Å². The second-order valence-electron chi connectivity index (χ2n) is 3.83. The highest BCUT2D eigenvalue weighted by Gasteiger charge is 2.21. The van der Waals surface area contributed by atoms with E-state index in [1.54, 1.807) is 0 Å². The molecular formula is C13H4BrCl4FO. The van der Waals surface area contributed by atoms with Gasteiger partial charge >= 0.3 is 0 Å². The van der Waals surface area contributed by atoms with Gasteiger partial charge in [-0.3, -0.25) is 4.79 Å². The van der Waals surface area contributed by atoms with Gasteiger partial charge in [0.25, 0.3) is 0 Å². The largest absolute Gasteiger partial charge is 0.288 e. The first-order valence-corrected chi connectivity index (χ1v) is 7.45. The number of carbonyl (C=O) groups excluding carboxylic acids is 1. The van der Waals surface area contributed by atoms with E-state index in [4.69, 9.17) is 46.4 Å². The molecule has 2 rings (SSSR count). The molecule has 0 unspecified atom stereocenters. The van der Waals surface area contributed by atoms with E-state index in [2.05, 4.69) is 15.9 Å². The van der Waals surface area contributed by atoms with Crippen LogP contribution in [-0.2, 0) is 0 Å². The van der Waals surface area contributed by atoms with Gasteiger partial charge in [0, 0.05) is 10.0 Å². The molecule has 2 aromatic rings. The highest BCUT2D eigenvalue weighted by atomic mass is 79.9. The number of benzene rings is 2. The second-order valence-corrected chi connectivity index (χ2v) is 6.32. The van der Waals surface area contributed by atoms with Gasteiger partial charge in [0.2, 0.25) is 0 Å². The molecule has 0 spiro atoms. The van der Waals surface area contributed by atoms with Crippen LogP contribution >= 0.6 is 62.3 Å². The van der Waals surface area contributed by atoms with Gasteiger partial charge in [-0.25, -0.2) is 4.39 Å². The Labute approximate surface area is 142 Å². The van der Waals surface area contributed by atoms with Crippen LogP contribution in [0, 0.1) is 5.82 Å². The molecule has 2 aromatic carbocycles. The predicted octanol–water partition coefficient (Wildman–Crippen LogP) is 6.43. The topological polar surface area (TPSA) is 17.1 Å². The Kier molecular flexibility index (Phi) is 4.98. The van der Waals surface area contributed by atoms with E-state index in [0.717, 1.165) is 6.07 Å². The van der Waals surface area contributed by atoms with E-state index < -0.39 is 11.6 Å². The highest BCUT2D eigenvalue weighted by molar-refractivity contribution is 9.10. The molecule has 0 aromatic heterocycles. The number of hydrogen-bond acceptors (Lipinski definition) is 1. The maximum atomic E-state index is 13.4. The monoisotopic (exact) mass is 414 g/mol. The van der Waals surface area contributed by atoms with Crippen molar-refractivity contribution in [1.29, 1.82) is 0 Å². The summed E-state index contributed by atoms with van der Waals surface area (Å²) in [5.41, 5.74) is 0.0827. The van der Waals surface area contributed by atoms with Gasteiger partial charge < -0.3 is 0 Å². The zero-order valence-corrected chi connectivity index (χ0v) is 14.1. The first kappa shape index (κ1) is 16.1. The minimum atomic E-state index is -0.560. The Balaban J connectivity index is 2.62. The summed E-state index contributed by atoms with van der Waals surface area (Å²) in [5, 5.41) is 0.152. The van der Waals surface area contributed by atoms with Crippen LogP contribution in [0.5, 0.6) is 0 Å². The lowest BCUT2D eigenvalue weighted by atomic mass is 10.0. The van der Waals surface area contributed by atoms with Crippen LogP contribution in [0.3, 0.4) is 0 Å². The van der Waals surface area contributed by atoms with Gasteiger partial charge in [0.05, 0.1) is 25.7 Å². The standard InChI is InChI=1S/C13H4BrCl4FO/c14-6-1-5(2-7(19)3-6)13(20)10-8(15)4-9(16)11(17)12(10)18/h1-4H. The summed E-state index contributed by atoms with van der Waals surface area (Å²) in [4.78, 5) is 12.4. The van der Waals surface area contributed by atoms with Crippen LogP contribution < -0.4 is 0 Å². The van der Waals surface area contributed by atoms with Crippen molar-refractivity contribution < 1.29 is 9.18 Å². The van der Waals surface area contributed by atoms with Crippen LogP contribution in [0.4, 0.5) is 4.39 Å². The SMILES string of the molecule is O=C(c1cc(F)cc(Br)c1)c1c(Cl)cc(Cl)c(Cl)c1Cl. The summed E-state index contributed by atoms with van der Waals surface area (Å²) in [7, 11) is 0. The molecule has 0 aliphatic heterocycles. The number of ketones is 1. The van der Waals surface area contributed by atoms with Crippen LogP contribution in [0.1, 0.15) is 15.9 Å². The summed E-state index contributed by atoms with van der Waals surface area (Å²) < 4.78 is 13.8. The Morgan fingerprint density at radius 2 is 1.60 bits per heavy atom.